The van der Waals surface area contributed by atoms with Crippen LogP contribution in [0.5, 0.6) is 5.75 Å². The van der Waals surface area contributed by atoms with Crippen LogP contribution in [0.25, 0.3) is 44.3 Å². The van der Waals surface area contributed by atoms with Crippen molar-refractivity contribution >= 4 is 105 Å². The highest BCUT2D eigenvalue weighted by Gasteiger charge is 2.21. The quantitative estimate of drug-likeness (QED) is 0.0236. The minimum absolute atomic E-state index is 0.0211. The van der Waals surface area contributed by atoms with E-state index in [9.17, 15) is 35.1 Å². The fourth-order valence-corrected chi connectivity index (χ4v) is 12.7. The van der Waals surface area contributed by atoms with Gasteiger partial charge in [0.25, 0.3) is 0 Å². The van der Waals surface area contributed by atoms with Crippen LogP contribution in [0.1, 0.15) is 74.1 Å². The van der Waals surface area contributed by atoms with Crippen LogP contribution in [0.15, 0.2) is 218 Å². The number of hydrogen-bond donors (Lipinski definition) is 16. The van der Waals surface area contributed by atoms with Gasteiger partial charge in [0.2, 0.25) is 23.8 Å². The predicted octanol–water partition coefficient (Wildman–Crippen LogP) is 18.0. The molecule has 0 aliphatic rings. The van der Waals surface area contributed by atoms with Crippen molar-refractivity contribution in [1.82, 2.24) is 85.6 Å². The summed E-state index contributed by atoms with van der Waals surface area (Å²) >= 11 is 1.60. The number of methoxy groups -OCH3 is 1. The molecular formula is C82H75F8N29OS. The van der Waals surface area contributed by atoms with Crippen molar-refractivity contribution in [3.8, 4) is 50.1 Å². The fourth-order valence-electron chi connectivity index (χ4n) is 12.0. The molecule has 4 unspecified atom stereocenters. The zero-order chi connectivity index (χ0) is 85.2. The molecule has 0 spiro atoms. The van der Waals surface area contributed by atoms with E-state index in [-0.39, 0.29) is 23.8 Å². The zero-order valence-electron chi connectivity index (χ0n) is 64.6. The Balaban J connectivity index is 0.000000139. The van der Waals surface area contributed by atoms with Crippen LogP contribution in [-0.2, 0) is 0 Å². The van der Waals surface area contributed by atoms with Gasteiger partial charge in [0, 0.05) is 119 Å². The molecule has 20 N–H and O–H groups in total. The molecule has 0 aliphatic carbocycles. The first kappa shape index (κ1) is 83.1. The summed E-state index contributed by atoms with van der Waals surface area (Å²) in [7, 11) is 1.61. The molecule has 121 heavy (non-hydrogen) atoms. The number of nitrogens with one attached hydrogen (secondary N) is 12. The van der Waals surface area contributed by atoms with Crippen LogP contribution < -0.4 is 70.2 Å². The molecule has 0 saturated carbocycles. The van der Waals surface area contributed by atoms with Crippen LogP contribution in [0.2, 0.25) is 0 Å². The highest BCUT2D eigenvalue weighted by Crippen LogP contribution is 2.34. The highest BCUT2D eigenvalue weighted by molar-refractivity contribution is 7.13. The maximum absolute atomic E-state index is 14.1. The number of thiophene rings is 1. The first-order chi connectivity index (χ1) is 58.3. The maximum atomic E-state index is 14.1. The van der Waals surface area contributed by atoms with Crippen molar-refractivity contribution in [2.75, 3.05) is 72.6 Å². The summed E-state index contributed by atoms with van der Waals surface area (Å²) in [6, 6.07) is 50.7. The lowest BCUT2D eigenvalue weighted by molar-refractivity contribution is 0.415. The number of H-pyrrole nitrogens is 4. The Morgan fingerprint density at radius 1 is 0.322 bits per heavy atom. The van der Waals surface area contributed by atoms with Gasteiger partial charge < -0.3 is 70.2 Å². The first-order valence-corrected chi connectivity index (χ1v) is 37.6. The Labute approximate surface area is 688 Å². The molecule has 6 aromatic carbocycles. The molecule has 0 aliphatic heterocycles. The molecule has 0 saturated heterocycles. The second-order valence-corrected chi connectivity index (χ2v) is 27.5. The van der Waals surface area contributed by atoms with Crippen molar-refractivity contribution < 1.29 is 39.9 Å². The lowest BCUT2D eigenvalue weighted by atomic mass is 10.1. The third-order valence-corrected chi connectivity index (χ3v) is 18.6. The zero-order valence-corrected chi connectivity index (χ0v) is 65.4. The topological polar surface area (TPSA) is 440 Å². The smallest absolute Gasteiger partial charge is 0.223 e. The molecule has 4 atom stereocenters. The van der Waals surface area contributed by atoms with Crippen molar-refractivity contribution in [3.05, 3.63) is 287 Å². The number of halogens is 8. The van der Waals surface area contributed by atoms with Gasteiger partial charge >= 0.3 is 0 Å². The van der Waals surface area contributed by atoms with Gasteiger partial charge in [0.15, 0.2) is 23.3 Å². The van der Waals surface area contributed by atoms with Crippen LogP contribution in [0, 0.1) is 46.5 Å². The number of benzene rings is 6. The Hall–Kier alpha value is -15.8. The number of nitrogens with zero attached hydrogens (tertiary/aromatic N) is 13. The third-order valence-electron chi connectivity index (χ3n) is 17.7. The number of aromatic amines is 4. The molecule has 16 rings (SSSR count). The number of pyridine rings is 1. The molecule has 30 nitrogen and oxygen atoms in total. The monoisotopic (exact) mass is 1670 g/mol. The highest BCUT2D eigenvalue weighted by atomic mass is 32.1. The second kappa shape index (κ2) is 38.3. The third kappa shape index (κ3) is 22.6. The van der Waals surface area contributed by atoms with Gasteiger partial charge in [-0.2, -0.15) is 60.3 Å². The fraction of sp³-hybridized carbons (Fsp3) is 0.110. The SMILES string of the molecule is CC(Nc1cc(Nc2cc(-c3ccccc3)[nH]n2)nc(N)n1)c1ccc(F)cc1F.CC(Nc1cc(Nc2cc(-c3cccnc3)[nH]n2)nc(N)n1)c1ccc(F)cc1F.CC(Nc1cc(Nc2cc(-c3cccs3)[nH]n2)nc(N)n1)c1ccc(F)cc1F.COc1cccc(-c2cc(Nc3cc(NC(C)c4ccc(F)cc4F)nc(N)n3)n[nH]2)c1. The summed E-state index contributed by atoms with van der Waals surface area (Å²) in [5.74, 6) is 1.11. The van der Waals surface area contributed by atoms with Crippen LogP contribution in [0.3, 0.4) is 0 Å². The van der Waals surface area contributed by atoms with Crippen molar-refractivity contribution in [3.63, 3.8) is 0 Å². The van der Waals surface area contributed by atoms with Gasteiger partial charge in [-0.25, -0.2) is 35.1 Å². The number of anilines is 16. The molecule has 39 heteroatoms. The van der Waals surface area contributed by atoms with E-state index in [4.69, 9.17) is 27.7 Å². The standard InChI is InChI=1S/C22H21F2N7O.C21H19F2N7.C20H18F2N8.C19H17F2N7S/c1-12(16-7-6-14(23)9-17(16)24)26-19-11-20(29-22(25)28-19)27-21-10-18(30-31-21)13-4-3-5-15(8-13)32-2;1-12(15-8-7-14(22)9-16(15)23)25-18-11-19(28-21(24)27-18)26-20-10-17(29-30-20)13-5-3-2-4-6-13;1-11(14-5-4-13(21)7-15(14)22)25-17-9-18(28-20(23)27-17)26-19-8-16(29-30-19)12-3-2-6-24-10-12;1-10(12-5-4-11(20)7-13(12)21)23-16-9-17(26-19(22)25-16)24-18-8-14(27-28-18)15-3-2-6-29-15/h3-12H,1-2H3,(H5,25,26,27,28,29,30,31);2-12H,1H3,(H5,24,25,26,27,28,29,30);2-11H,1H3,(H5,23,25,26,27,28,29,30);2-10H,1H3,(H5,22,23,24,25,26,27,28). The molecule has 16 aromatic rings. The van der Waals surface area contributed by atoms with Gasteiger partial charge in [-0.05, 0) is 93.2 Å². The minimum atomic E-state index is -0.646. The van der Waals surface area contributed by atoms with Gasteiger partial charge in [-0.1, -0.05) is 72.8 Å². The molecule has 0 amide bonds. The molecule has 10 aromatic heterocycles. The summed E-state index contributed by atoms with van der Waals surface area (Å²) < 4.78 is 114. The summed E-state index contributed by atoms with van der Waals surface area (Å²) in [6.45, 7) is 6.94. The van der Waals surface area contributed by atoms with E-state index in [0.29, 0.717) is 92.1 Å². The Kier molecular flexibility index (Phi) is 26.3. The first-order valence-electron chi connectivity index (χ1n) is 36.7. The molecular weight excluding hydrogens is 1590 g/mol. The van der Waals surface area contributed by atoms with Crippen molar-refractivity contribution in [1.29, 1.82) is 0 Å². The average Bonchev–Trinajstić information content (AvgIpc) is 1.38. The predicted molar refractivity (Wildman–Crippen MR) is 451 cm³/mol. The number of rotatable bonds is 25. The number of hydrogen-bond acceptors (Lipinski definition) is 27. The normalized spacial score (nSPS) is 11.8. The lowest BCUT2D eigenvalue weighted by Gasteiger charge is -2.16. The van der Waals surface area contributed by atoms with E-state index in [1.54, 1.807) is 88.9 Å². The van der Waals surface area contributed by atoms with E-state index < -0.39 is 70.7 Å². The Bertz CT molecular complexity index is 6000. The number of ether oxygens (including phenoxy) is 1. The maximum Gasteiger partial charge on any atom is 0.223 e. The van der Waals surface area contributed by atoms with E-state index in [0.717, 1.165) is 74.4 Å². The number of aromatic nitrogens is 17. The van der Waals surface area contributed by atoms with E-state index in [1.165, 1.54) is 48.5 Å². The summed E-state index contributed by atoms with van der Waals surface area (Å²) in [5.41, 5.74) is 30.6. The molecule has 616 valence electrons. The van der Waals surface area contributed by atoms with Gasteiger partial charge in [0.1, 0.15) is 98.8 Å². The Morgan fingerprint density at radius 2 is 0.653 bits per heavy atom. The largest absolute Gasteiger partial charge is 0.497 e. The number of nitrogen functional groups attached to an aromatic ring is 4. The summed E-state index contributed by atoms with van der Waals surface area (Å²) in [6.07, 6.45) is 3.41. The van der Waals surface area contributed by atoms with Gasteiger partial charge in [-0.15, -0.1) is 11.3 Å². The molecule has 0 radical (unpaired) electrons. The van der Waals surface area contributed by atoms with Crippen LogP contribution in [-0.4, -0.2) is 92.8 Å². The molecule has 10 heterocycles. The van der Waals surface area contributed by atoms with Crippen LogP contribution >= 0.6 is 11.3 Å². The summed E-state index contributed by atoms with van der Waals surface area (Å²) in [4.78, 5) is 38.3. The Morgan fingerprint density at radius 3 is 0.992 bits per heavy atom. The molecule has 0 fully saturated rings. The van der Waals surface area contributed by atoms with Crippen molar-refractivity contribution in [2.45, 2.75) is 51.9 Å². The van der Waals surface area contributed by atoms with Gasteiger partial charge in [0.05, 0.1) is 58.9 Å². The minimum Gasteiger partial charge on any atom is -0.497 e. The van der Waals surface area contributed by atoms with E-state index in [1.807, 2.05) is 102 Å². The van der Waals surface area contributed by atoms with E-state index >= 15 is 0 Å². The second-order valence-electron chi connectivity index (χ2n) is 26.6. The van der Waals surface area contributed by atoms with Crippen LogP contribution in [0.4, 0.5) is 129 Å². The number of nitrogens with two attached hydrogens (primary N) is 4. The van der Waals surface area contributed by atoms with E-state index in [2.05, 4.69) is 128 Å². The van der Waals surface area contributed by atoms with Crippen molar-refractivity contribution in [2.24, 2.45) is 0 Å². The average molecular weight is 1670 g/mol. The molecule has 0 bridgehead atoms. The lowest BCUT2D eigenvalue weighted by Crippen LogP contribution is -2.12. The van der Waals surface area contributed by atoms with Gasteiger partial charge in [-0.3, -0.25) is 25.4 Å². The summed E-state index contributed by atoms with van der Waals surface area (Å²) in [5, 5.41) is 55.1.